The number of benzene rings is 1. The highest BCUT2D eigenvalue weighted by molar-refractivity contribution is 6.01. The quantitative estimate of drug-likeness (QED) is 0.706. The summed E-state index contributed by atoms with van der Waals surface area (Å²) in [7, 11) is 0. The number of hydrogen-bond donors (Lipinski definition) is 3. The van der Waals surface area contributed by atoms with Crippen LogP contribution in [0, 0.1) is 13.8 Å². The minimum Gasteiger partial charge on any atom is -0.475 e. The van der Waals surface area contributed by atoms with Crippen LogP contribution in [0.15, 0.2) is 6.07 Å². The maximum atomic E-state index is 11.2. The topological polar surface area (TPSA) is 113 Å². The van der Waals surface area contributed by atoms with Gasteiger partial charge in [0.05, 0.1) is 6.10 Å². The fourth-order valence-electron chi connectivity index (χ4n) is 2.36. The number of carboxylic acid groups (broad SMARTS) is 2. The van der Waals surface area contributed by atoms with E-state index in [0.29, 0.717) is 12.0 Å². The van der Waals surface area contributed by atoms with Crippen molar-refractivity contribution in [2.45, 2.75) is 39.1 Å². The van der Waals surface area contributed by atoms with E-state index in [1.807, 2.05) is 0 Å². The van der Waals surface area contributed by atoms with Crippen LogP contribution < -0.4 is 9.47 Å². The van der Waals surface area contributed by atoms with E-state index in [1.165, 1.54) is 6.07 Å². The second-order valence-corrected chi connectivity index (χ2v) is 5.11. The van der Waals surface area contributed by atoms with Crippen LogP contribution in [0.3, 0.4) is 0 Å². The number of aryl methyl sites for hydroxylation is 1. The van der Waals surface area contributed by atoms with Gasteiger partial charge in [0.1, 0.15) is 0 Å². The largest absolute Gasteiger partial charge is 0.475 e. The number of ether oxygens (including phenoxy) is 2. The number of aliphatic hydroxyl groups is 1. The molecule has 0 aliphatic carbocycles. The molecule has 0 amide bonds. The van der Waals surface area contributed by atoms with Crippen LogP contribution in [-0.2, 0) is 16.0 Å². The highest BCUT2D eigenvalue weighted by Gasteiger charge is 2.58. The molecule has 0 radical (unpaired) electrons. The molecule has 3 N–H and O–H groups in total. The Morgan fingerprint density at radius 3 is 2.29 bits per heavy atom. The Kier molecular flexibility index (Phi) is 3.54. The summed E-state index contributed by atoms with van der Waals surface area (Å²) in [4.78, 5) is 22.4. The summed E-state index contributed by atoms with van der Waals surface area (Å²) in [5, 5.41) is 27.7. The lowest BCUT2D eigenvalue weighted by molar-refractivity contribution is -0.194. The summed E-state index contributed by atoms with van der Waals surface area (Å²) in [6.07, 6.45) is -0.243. The van der Waals surface area contributed by atoms with Gasteiger partial charge in [0.25, 0.3) is 0 Å². The van der Waals surface area contributed by atoms with Crippen molar-refractivity contribution in [3.8, 4) is 11.5 Å². The molecule has 0 aromatic heterocycles. The van der Waals surface area contributed by atoms with Crippen molar-refractivity contribution < 1.29 is 34.4 Å². The van der Waals surface area contributed by atoms with Gasteiger partial charge in [0, 0.05) is 0 Å². The SMILES string of the molecule is Cc1cc2c(c(C)c1C[C@H](C)O)OC(C(=O)O)(C(=O)O)O2. The van der Waals surface area contributed by atoms with Crippen molar-refractivity contribution in [1.29, 1.82) is 0 Å². The smallest absolute Gasteiger partial charge is 0.453 e. The summed E-state index contributed by atoms with van der Waals surface area (Å²) in [5.41, 5.74) is 2.11. The molecule has 1 heterocycles. The second kappa shape index (κ2) is 4.92. The molecule has 1 atom stereocenters. The lowest BCUT2D eigenvalue weighted by Crippen LogP contribution is -2.54. The summed E-state index contributed by atoms with van der Waals surface area (Å²) in [5.74, 6) is -6.07. The van der Waals surface area contributed by atoms with Crippen LogP contribution in [0.1, 0.15) is 23.6 Å². The first-order valence-corrected chi connectivity index (χ1v) is 6.35. The Balaban J connectivity index is 2.53. The van der Waals surface area contributed by atoms with Crippen LogP contribution >= 0.6 is 0 Å². The number of aliphatic hydroxyl groups excluding tert-OH is 1. The van der Waals surface area contributed by atoms with Gasteiger partial charge in [-0.3, -0.25) is 0 Å². The van der Waals surface area contributed by atoms with E-state index >= 15 is 0 Å². The molecule has 2 rings (SSSR count). The van der Waals surface area contributed by atoms with E-state index in [1.54, 1.807) is 20.8 Å². The van der Waals surface area contributed by atoms with E-state index in [4.69, 9.17) is 19.7 Å². The lowest BCUT2D eigenvalue weighted by atomic mass is 9.96. The predicted octanol–water partition coefficient (Wildman–Crippen LogP) is 0.863. The van der Waals surface area contributed by atoms with Gasteiger partial charge in [-0.25, -0.2) is 9.59 Å². The van der Waals surface area contributed by atoms with Crippen molar-refractivity contribution in [3.63, 3.8) is 0 Å². The Morgan fingerprint density at radius 2 is 1.81 bits per heavy atom. The summed E-state index contributed by atoms with van der Waals surface area (Å²) in [6.45, 7) is 5.07. The van der Waals surface area contributed by atoms with Gasteiger partial charge < -0.3 is 24.8 Å². The third-order valence-electron chi connectivity index (χ3n) is 3.40. The van der Waals surface area contributed by atoms with Gasteiger partial charge in [-0.2, -0.15) is 0 Å². The molecule has 1 aliphatic rings. The van der Waals surface area contributed by atoms with Crippen LogP contribution in [0.2, 0.25) is 0 Å². The number of carboxylic acids is 2. The maximum absolute atomic E-state index is 11.2. The van der Waals surface area contributed by atoms with Gasteiger partial charge in [0.15, 0.2) is 11.5 Å². The molecular formula is C14H16O7. The predicted molar refractivity (Wildman–Crippen MR) is 70.6 cm³/mol. The molecule has 7 heteroatoms. The molecule has 0 fully saturated rings. The zero-order chi connectivity index (χ0) is 15.9. The molecule has 1 aromatic rings. The molecule has 114 valence electrons. The van der Waals surface area contributed by atoms with E-state index in [0.717, 1.165) is 11.1 Å². The summed E-state index contributed by atoms with van der Waals surface area (Å²) < 4.78 is 10.2. The van der Waals surface area contributed by atoms with Crippen molar-refractivity contribution in [1.82, 2.24) is 0 Å². The van der Waals surface area contributed by atoms with E-state index in [9.17, 15) is 14.7 Å². The molecular weight excluding hydrogens is 280 g/mol. The van der Waals surface area contributed by atoms with E-state index in [2.05, 4.69) is 0 Å². The first-order valence-electron chi connectivity index (χ1n) is 6.35. The summed E-state index contributed by atoms with van der Waals surface area (Å²) in [6, 6.07) is 1.52. The number of carbonyl (C=O) groups is 2. The monoisotopic (exact) mass is 296 g/mol. The Bertz CT molecular complexity index is 604. The molecule has 7 nitrogen and oxygen atoms in total. The van der Waals surface area contributed by atoms with Gasteiger partial charge in [-0.15, -0.1) is 0 Å². The highest BCUT2D eigenvalue weighted by Crippen LogP contribution is 2.44. The van der Waals surface area contributed by atoms with Crippen LogP contribution in [0.5, 0.6) is 11.5 Å². The molecule has 1 aliphatic heterocycles. The molecule has 0 unspecified atom stereocenters. The molecule has 0 saturated heterocycles. The zero-order valence-electron chi connectivity index (χ0n) is 11.8. The van der Waals surface area contributed by atoms with E-state index in [-0.39, 0.29) is 11.5 Å². The highest BCUT2D eigenvalue weighted by atomic mass is 16.8. The minimum absolute atomic E-state index is 0.0733. The van der Waals surface area contributed by atoms with Gasteiger partial charge in [-0.1, -0.05) is 0 Å². The van der Waals surface area contributed by atoms with Crippen molar-refractivity contribution in [2.75, 3.05) is 0 Å². The van der Waals surface area contributed by atoms with Gasteiger partial charge in [0.2, 0.25) is 0 Å². The summed E-state index contributed by atoms with van der Waals surface area (Å²) >= 11 is 0. The van der Waals surface area contributed by atoms with Gasteiger partial charge >= 0.3 is 17.7 Å². The molecule has 0 spiro atoms. The number of hydrogen-bond acceptors (Lipinski definition) is 5. The fraction of sp³-hybridized carbons (Fsp3) is 0.429. The van der Waals surface area contributed by atoms with Crippen LogP contribution in [0.25, 0.3) is 0 Å². The average Bonchev–Trinajstić information content (AvgIpc) is 2.75. The molecule has 0 bridgehead atoms. The van der Waals surface area contributed by atoms with Crippen LogP contribution in [0.4, 0.5) is 0 Å². The van der Waals surface area contributed by atoms with Crippen LogP contribution in [-0.4, -0.2) is 39.1 Å². The minimum atomic E-state index is -2.76. The number of aliphatic carboxylic acids is 2. The van der Waals surface area contributed by atoms with Crippen molar-refractivity contribution >= 4 is 11.9 Å². The second-order valence-electron chi connectivity index (χ2n) is 5.11. The standard InChI is InChI=1S/C14H16O7/c1-6-4-10-11(8(3)9(6)5-7(2)15)21-14(20-10,12(16)17)13(18)19/h4,7,15H,5H2,1-3H3,(H,16,17)(H,18,19)/t7-/m0/s1. The van der Waals surface area contributed by atoms with Crippen molar-refractivity contribution in [2.24, 2.45) is 0 Å². The Morgan fingerprint density at radius 1 is 1.24 bits per heavy atom. The zero-order valence-corrected chi connectivity index (χ0v) is 11.8. The van der Waals surface area contributed by atoms with Gasteiger partial charge in [-0.05, 0) is 49.9 Å². The normalized spacial score (nSPS) is 16.6. The first kappa shape index (κ1) is 15.1. The fourth-order valence-corrected chi connectivity index (χ4v) is 2.36. The van der Waals surface area contributed by atoms with E-state index < -0.39 is 23.8 Å². The number of fused-ring (bicyclic) bond motifs is 1. The first-order chi connectivity index (χ1) is 9.69. The molecule has 0 saturated carbocycles. The Labute approximate surface area is 120 Å². The third kappa shape index (κ3) is 2.29. The third-order valence-corrected chi connectivity index (χ3v) is 3.40. The number of rotatable bonds is 4. The molecule has 1 aromatic carbocycles. The average molecular weight is 296 g/mol. The van der Waals surface area contributed by atoms with Crippen molar-refractivity contribution in [3.05, 3.63) is 22.8 Å². The maximum Gasteiger partial charge on any atom is 0.453 e. The molecule has 21 heavy (non-hydrogen) atoms. The Hall–Kier alpha value is -2.28. The lowest BCUT2D eigenvalue weighted by Gasteiger charge is -2.17.